The van der Waals surface area contributed by atoms with Crippen molar-refractivity contribution in [1.82, 2.24) is 4.90 Å². The molecule has 0 aromatic heterocycles. The van der Waals surface area contributed by atoms with Gasteiger partial charge in [-0.1, -0.05) is 0 Å². The van der Waals surface area contributed by atoms with Crippen LogP contribution in [0.4, 0.5) is 0 Å². The lowest BCUT2D eigenvalue weighted by Gasteiger charge is -2.38. The number of nitrogens with zero attached hydrogens (tertiary/aromatic N) is 2. The first-order valence-corrected chi connectivity index (χ1v) is 7.06. The number of ether oxygens (including phenoxy) is 2. The summed E-state index contributed by atoms with van der Waals surface area (Å²) >= 11 is 0. The molecule has 20 heavy (non-hydrogen) atoms. The summed E-state index contributed by atoms with van der Waals surface area (Å²) in [6.45, 7) is 2.14. The molecule has 2 heterocycles. The summed E-state index contributed by atoms with van der Waals surface area (Å²) in [4.78, 5) is 14.1. The summed E-state index contributed by atoms with van der Waals surface area (Å²) in [5.74, 6) is -0.205. The van der Waals surface area contributed by atoms with Crippen LogP contribution in [-0.2, 0) is 14.3 Å². The molecule has 0 aliphatic carbocycles. The predicted octanol–water partition coefficient (Wildman–Crippen LogP) is 0.307. The monoisotopic (exact) mass is 282 g/mol. The first kappa shape index (κ1) is 15.2. The fraction of sp³-hybridized carbons (Fsp3) is 0.857. The van der Waals surface area contributed by atoms with Crippen LogP contribution in [0.1, 0.15) is 25.7 Å². The maximum absolute atomic E-state index is 12.6. The van der Waals surface area contributed by atoms with E-state index in [9.17, 15) is 15.2 Å². The van der Waals surface area contributed by atoms with Crippen LogP contribution in [0.25, 0.3) is 0 Å². The second kappa shape index (κ2) is 6.08. The van der Waals surface area contributed by atoms with E-state index >= 15 is 0 Å². The van der Waals surface area contributed by atoms with Gasteiger partial charge in [0, 0.05) is 52.9 Å². The lowest BCUT2D eigenvalue weighted by molar-refractivity contribution is -0.148. The Morgan fingerprint density at radius 2 is 1.70 bits per heavy atom. The Kier molecular flexibility index (Phi) is 4.63. The van der Waals surface area contributed by atoms with E-state index in [1.54, 1.807) is 7.05 Å². The van der Waals surface area contributed by atoms with Crippen molar-refractivity contribution in [3.63, 3.8) is 0 Å². The van der Waals surface area contributed by atoms with E-state index in [1.807, 2.05) is 0 Å². The first-order valence-electron chi connectivity index (χ1n) is 7.06. The Morgan fingerprint density at radius 1 is 1.20 bits per heavy atom. The fourth-order valence-corrected chi connectivity index (χ4v) is 2.88. The largest absolute Gasteiger partial charge is 0.388 e. The quantitative estimate of drug-likeness (QED) is 0.805. The molecule has 6 nitrogen and oxygen atoms in total. The number of aliphatic hydroxyl groups is 1. The van der Waals surface area contributed by atoms with Gasteiger partial charge in [-0.25, -0.2) is 0 Å². The van der Waals surface area contributed by atoms with Crippen LogP contribution in [0, 0.1) is 16.7 Å². The minimum Gasteiger partial charge on any atom is -0.388 e. The van der Waals surface area contributed by atoms with Gasteiger partial charge in [0.2, 0.25) is 5.91 Å². The molecule has 0 saturated carbocycles. The van der Waals surface area contributed by atoms with E-state index < -0.39 is 11.0 Å². The van der Waals surface area contributed by atoms with Gasteiger partial charge in [0.25, 0.3) is 0 Å². The van der Waals surface area contributed by atoms with Crippen molar-refractivity contribution >= 4 is 5.91 Å². The van der Waals surface area contributed by atoms with Gasteiger partial charge in [-0.3, -0.25) is 4.79 Å². The number of carbonyl (C=O) groups is 1. The zero-order valence-electron chi connectivity index (χ0n) is 11.9. The van der Waals surface area contributed by atoms with Gasteiger partial charge in [0.15, 0.2) is 0 Å². The van der Waals surface area contributed by atoms with E-state index in [0.717, 1.165) is 0 Å². The zero-order chi connectivity index (χ0) is 14.6. The Hall–Kier alpha value is -1.16. The minimum absolute atomic E-state index is 0.205. The number of rotatable bonds is 3. The first-order chi connectivity index (χ1) is 9.51. The van der Waals surface area contributed by atoms with Gasteiger partial charge in [-0.05, 0) is 12.8 Å². The van der Waals surface area contributed by atoms with Crippen LogP contribution in [0.3, 0.4) is 0 Å². The maximum atomic E-state index is 12.6. The van der Waals surface area contributed by atoms with Crippen LogP contribution in [0.2, 0.25) is 0 Å². The molecule has 1 N–H and O–H groups in total. The molecule has 112 valence electrons. The van der Waals surface area contributed by atoms with Crippen LogP contribution in [0.5, 0.6) is 0 Å². The highest BCUT2D eigenvalue weighted by atomic mass is 16.5. The molecule has 2 aliphatic heterocycles. The molecule has 6 heteroatoms. The smallest absolute Gasteiger partial charge is 0.243 e. The summed E-state index contributed by atoms with van der Waals surface area (Å²) in [5.41, 5.74) is -1.89. The number of hydrogen-bond donors (Lipinski definition) is 1. The van der Waals surface area contributed by atoms with Gasteiger partial charge in [0.1, 0.15) is 5.41 Å². The van der Waals surface area contributed by atoms with Crippen molar-refractivity contribution in [3.8, 4) is 6.07 Å². The molecule has 0 aromatic rings. The molecule has 2 aliphatic rings. The predicted molar refractivity (Wildman–Crippen MR) is 70.7 cm³/mol. The third kappa shape index (κ3) is 3.11. The molecule has 0 atom stereocenters. The Labute approximate surface area is 119 Å². The summed E-state index contributed by atoms with van der Waals surface area (Å²) in [7, 11) is 1.66. The third-order valence-corrected chi connectivity index (χ3v) is 4.27. The molecule has 0 spiro atoms. The van der Waals surface area contributed by atoms with Crippen molar-refractivity contribution in [2.24, 2.45) is 5.41 Å². The molecule has 2 fully saturated rings. The van der Waals surface area contributed by atoms with Crippen molar-refractivity contribution in [1.29, 1.82) is 5.26 Å². The van der Waals surface area contributed by atoms with Crippen molar-refractivity contribution in [2.75, 3.05) is 40.0 Å². The number of amides is 1. The van der Waals surface area contributed by atoms with Crippen LogP contribution in [-0.4, -0.2) is 61.5 Å². The molecule has 0 aromatic carbocycles. The number of nitriles is 1. The molecule has 2 rings (SSSR count). The molecule has 0 unspecified atom stereocenters. The van der Waals surface area contributed by atoms with Crippen molar-refractivity contribution in [2.45, 2.75) is 31.3 Å². The minimum atomic E-state index is -0.992. The van der Waals surface area contributed by atoms with Crippen LogP contribution in [0.15, 0.2) is 0 Å². The third-order valence-electron chi connectivity index (χ3n) is 4.27. The molecule has 0 bridgehead atoms. The highest BCUT2D eigenvalue weighted by molar-refractivity contribution is 5.85. The SMILES string of the molecule is CN(CC1(O)CCOCC1)C(=O)C1(C#N)CCOCC1. The molecule has 1 amide bonds. The Balaban J connectivity index is 2.02. The van der Waals surface area contributed by atoms with E-state index in [-0.39, 0.29) is 12.5 Å². The lowest BCUT2D eigenvalue weighted by Crippen LogP contribution is -2.52. The maximum Gasteiger partial charge on any atom is 0.243 e. The van der Waals surface area contributed by atoms with E-state index in [1.165, 1.54) is 4.90 Å². The highest BCUT2D eigenvalue weighted by Gasteiger charge is 2.44. The summed E-state index contributed by atoms with van der Waals surface area (Å²) in [6, 6.07) is 2.17. The molecule has 2 saturated heterocycles. The van der Waals surface area contributed by atoms with E-state index in [4.69, 9.17) is 9.47 Å². The van der Waals surface area contributed by atoms with Gasteiger partial charge in [-0.2, -0.15) is 5.26 Å². The summed E-state index contributed by atoms with van der Waals surface area (Å²) in [5, 5.41) is 19.9. The van der Waals surface area contributed by atoms with Crippen LogP contribution >= 0.6 is 0 Å². The summed E-state index contributed by atoms with van der Waals surface area (Å²) < 4.78 is 10.5. The van der Waals surface area contributed by atoms with Gasteiger partial charge in [0.05, 0.1) is 11.7 Å². The normalized spacial score (nSPS) is 24.6. The van der Waals surface area contributed by atoms with E-state index in [0.29, 0.717) is 52.1 Å². The van der Waals surface area contributed by atoms with Gasteiger partial charge in [-0.15, -0.1) is 0 Å². The summed E-state index contributed by atoms with van der Waals surface area (Å²) in [6.07, 6.45) is 1.89. The van der Waals surface area contributed by atoms with Gasteiger partial charge >= 0.3 is 0 Å². The Bertz CT molecular complexity index is 392. The van der Waals surface area contributed by atoms with Gasteiger partial charge < -0.3 is 19.5 Å². The standard InChI is InChI=1S/C14H22N2O4/c1-16(11-14(18)4-8-20-9-5-14)12(17)13(10-15)2-6-19-7-3-13/h18H,2-9,11H2,1H3. The molecule has 0 radical (unpaired) electrons. The number of likely N-dealkylation sites (N-methyl/N-ethyl adjacent to an activating group) is 1. The Morgan fingerprint density at radius 3 is 2.20 bits per heavy atom. The van der Waals surface area contributed by atoms with E-state index in [2.05, 4.69) is 6.07 Å². The zero-order valence-corrected chi connectivity index (χ0v) is 11.9. The fourth-order valence-electron chi connectivity index (χ4n) is 2.88. The topological polar surface area (TPSA) is 82.8 Å². The lowest BCUT2D eigenvalue weighted by atomic mass is 9.80. The number of hydrogen-bond acceptors (Lipinski definition) is 5. The number of carbonyl (C=O) groups excluding carboxylic acids is 1. The average Bonchev–Trinajstić information content (AvgIpc) is 2.47. The van der Waals surface area contributed by atoms with Crippen molar-refractivity contribution < 1.29 is 19.4 Å². The molecular weight excluding hydrogens is 260 g/mol. The molecular formula is C14H22N2O4. The van der Waals surface area contributed by atoms with Crippen LogP contribution < -0.4 is 0 Å². The average molecular weight is 282 g/mol. The second-order valence-electron chi connectivity index (χ2n) is 5.80. The highest BCUT2D eigenvalue weighted by Crippen LogP contribution is 2.32. The second-order valence-corrected chi connectivity index (χ2v) is 5.80. The van der Waals surface area contributed by atoms with Crippen molar-refractivity contribution in [3.05, 3.63) is 0 Å².